The number of ether oxygens (including phenoxy) is 1. The van der Waals surface area contributed by atoms with Crippen LogP contribution in [0.15, 0.2) is 30.3 Å². The van der Waals surface area contributed by atoms with E-state index in [0.717, 1.165) is 31.2 Å². The first-order chi connectivity index (χ1) is 23.0. The zero-order valence-electron chi connectivity index (χ0n) is 30.0. The minimum atomic E-state index is -1.11. The van der Waals surface area contributed by atoms with Gasteiger partial charge in [0.25, 0.3) is 5.91 Å². The molecule has 5 amide bonds. The van der Waals surface area contributed by atoms with Gasteiger partial charge in [0, 0.05) is 12.5 Å². The van der Waals surface area contributed by atoms with Gasteiger partial charge < -0.3 is 31.3 Å². The Labute approximate surface area is 290 Å². The second-order valence-corrected chi connectivity index (χ2v) is 16.0. The normalized spacial score (nSPS) is 21.8. The lowest BCUT2D eigenvalue weighted by molar-refractivity contribution is -0.154. The number of esters is 1. The molecule has 5 N–H and O–H groups in total. The van der Waals surface area contributed by atoms with Crippen molar-refractivity contribution in [2.24, 2.45) is 40.7 Å². The number of nitrogens with zero attached hydrogens (tertiary/aromatic N) is 1. The molecule has 0 aromatic heterocycles. The number of hydrogen-bond donors (Lipinski definition) is 4. The van der Waals surface area contributed by atoms with E-state index >= 15 is 0 Å². The molecular formula is C37H55N5O7. The van der Waals surface area contributed by atoms with Crippen LogP contribution in [0.3, 0.4) is 0 Å². The Morgan fingerprint density at radius 3 is 2.04 bits per heavy atom. The molecule has 3 aliphatic rings. The number of rotatable bonds is 15. The molecule has 1 aromatic carbocycles. The van der Waals surface area contributed by atoms with Gasteiger partial charge in [-0.15, -0.1) is 0 Å². The van der Waals surface area contributed by atoms with Gasteiger partial charge >= 0.3 is 12.0 Å². The van der Waals surface area contributed by atoms with Crippen molar-refractivity contribution in [2.45, 2.75) is 117 Å². The van der Waals surface area contributed by atoms with Crippen molar-refractivity contribution in [2.75, 3.05) is 6.54 Å². The van der Waals surface area contributed by atoms with Crippen molar-refractivity contribution in [3.05, 3.63) is 35.9 Å². The van der Waals surface area contributed by atoms with Crippen molar-refractivity contribution < 1.29 is 33.5 Å². The predicted molar refractivity (Wildman–Crippen MR) is 183 cm³/mol. The lowest BCUT2D eigenvalue weighted by atomic mass is 9.85. The molecule has 1 aliphatic heterocycles. The van der Waals surface area contributed by atoms with Gasteiger partial charge in [-0.3, -0.25) is 19.2 Å². The Hall–Kier alpha value is -3.96. The number of hydrogen-bond acceptors (Lipinski definition) is 7. The van der Waals surface area contributed by atoms with Crippen molar-refractivity contribution >= 4 is 35.5 Å². The number of carbonyl (C=O) groups excluding carboxylic acids is 6. The second-order valence-electron chi connectivity index (χ2n) is 16.0. The molecule has 1 saturated heterocycles. The van der Waals surface area contributed by atoms with E-state index in [1.54, 1.807) is 0 Å². The van der Waals surface area contributed by atoms with Crippen LogP contribution in [0, 0.1) is 35.0 Å². The monoisotopic (exact) mass is 681 g/mol. The summed E-state index contributed by atoms with van der Waals surface area (Å²) in [6.07, 6.45) is 4.01. The SMILES string of the molecule is CC(C)[C@@H]1C[C@@H](C(=O)NC(CC2CC2)C(=O)C(N)=O)N(C(=O)[C@@H](NC(=O)N[C@H](C(=O)OC(c2ccccc2)C2CC2)C(C)C)C(C)(C)C)C1. The molecule has 2 unspecified atom stereocenters. The summed E-state index contributed by atoms with van der Waals surface area (Å²) in [6.45, 7) is 13.4. The molecule has 49 heavy (non-hydrogen) atoms. The Morgan fingerprint density at radius 2 is 1.53 bits per heavy atom. The standard InChI is InChI=1S/C37H55N5O7/c1-20(2)25-18-27(33(45)39-26(17-22-13-14-22)29(43)32(38)44)42(19-25)34(46)31(37(5,6)7)41-36(48)40-28(21(3)4)35(47)49-30(24-15-16-24)23-11-9-8-10-12-23/h8-12,20-22,24-28,30-31H,13-19H2,1-7H3,(H2,38,44)(H,39,45)(H2,40,41,48)/t25-,26?,27+,28+,30?,31-/m1/s1. The van der Waals surface area contributed by atoms with E-state index < -0.39 is 71.2 Å². The summed E-state index contributed by atoms with van der Waals surface area (Å²) in [4.78, 5) is 81.0. The van der Waals surface area contributed by atoms with E-state index in [-0.39, 0.29) is 36.1 Å². The summed E-state index contributed by atoms with van der Waals surface area (Å²) < 4.78 is 6.00. The molecule has 12 heteroatoms. The number of likely N-dealkylation sites (tertiary alicyclic amines) is 1. The maximum atomic E-state index is 14.3. The van der Waals surface area contributed by atoms with E-state index in [1.807, 2.05) is 78.8 Å². The first kappa shape index (κ1) is 37.9. The molecule has 0 radical (unpaired) electrons. The van der Waals surface area contributed by atoms with Crippen molar-refractivity contribution in [1.82, 2.24) is 20.9 Å². The van der Waals surface area contributed by atoms with Crippen LogP contribution in [0.1, 0.15) is 98.7 Å². The highest BCUT2D eigenvalue weighted by Crippen LogP contribution is 2.43. The Morgan fingerprint density at radius 1 is 0.898 bits per heavy atom. The fourth-order valence-corrected chi connectivity index (χ4v) is 6.50. The minimum Gasteiger partial charge on any atom is -0.456 e. The van der Waals surface area contributed by atoms with Gasteiger partial charge in [0.2, 0.25) is 17.6 Å². The Balaban J connectivity index is 1.49. The molecule has 0 spiro atoms. The average Bonchev–Trinajstić information content (AvgIpc) is 3.98. The number of nitrogens with two attached hydrogens (primary N) is 1. The first-order valence-electron chi connectivity index (χ1n) is 17.7. The highest BCUT2D eigenvalue weighted by Gasteiger charge is 2.47. The number of nitrogens with one attached hydrogen (secondary N) is 3. The molecule has 270 valence electrons. The van der Waals surface area contributed by atoms with Crippen LogP contribution in [0.2, 0.25) is 0 Å². The third-order valence-corrected chi connectivity index (χ3v) is 10.0. The highest BCUT2D eigenvalue weighted by atomic mass is 16.5. The number of carbonyl (C=O) groups is 6. The van der Waals surface area contributed by atoms with E-state index in [0.29, 0.717) is 12.8 Å². The summed E-state index contributed by atoms with van der Waals surface area (Å²) in [5.41, 5.74) is 5.42. The van der Waals surface area contributed by atoms with Gasteiger partial charge in [-0.05, 0) is 60.3 Å². The maximum Gasteiger partial charge on any atom is 0.329 e. The minimum absolute atomic E-state index is 0.00742. The van der Waals surface area contributed by atoms with Crippen molar-refractivity contribution in [3.8, 4) is 0 Å². The summed E-state index contributed by atoms with van der Waals surface area (Å²) in [7, 11) is 0. The lowest BCUT2D eigenvalue weighted by Gasteiger charge is -2.36. The smallest absolute Gasteiger partial charge is 0.329 e. The fraction of sp³-hybridized carbons (Fsp3) is 0.676. The third kappa shape index (κ3) is 10.0. The molecule has 2 saturated carbocycles. The van der Waals surface area contributed by atoms with Crippen LogP contribution >= 0.6 is 0 Å². The van der Waals surface area contributed by atoms with Crippen LogP contribution in [-0.4, -0.2) is 71.1 Å². The number of Topliss-reactive ketones (excluding diaryl/α,β-unsaturated/α-hetero) is 1. The zero-order chi connectivity index (χ0) is 36.2. The molecule has 3 fully saturated rings. The number of primary amides is 1. The van der Waals surface area contributed by atoms with Gasteiger partial charge in [-0.2, -0.15) is 0 Å². The quantitative estimate of drug-likeness (QED) is 0.161. The maximum absolute atomic E-state index is 14.3. The van der Waals surface area contributed by atoms with Gasteiger partial charge in [-0.1, -0.05) is 91.6 Å². The summed E-state index contributed by atoms with van der Waals surface area (Å²) in [5.74, 6) is -3.19. The average molecular weight is 682 g/mol. The highest BCUT2D eigenvalue weighted by molar-refractivity contribution is 6.37. The predicted octanol–water partition coefficient (Wildman–Crippen LogP) is 3.63. The van der Waals surface area contributed by atoms with Crippen molar-refractivity contribution in [1.29, 1.82) is 0 Å². The number of amides is 5. The molecule has 12 nitrogen and oxygen atoms in total. The van der Waals surface area contributed by atoms with Crippen LogP contribution in [-0.2, 0) is 28.7 Å². The van der Waals surface area contributed by atoms with Gasteiger partial charge in [0.15, 0.2) is 0 Å². The molecule has 6 atom stereocenters. The molecule has 1 aromatic rings. The van der Waals surface area contributed by atoms with Crippen LogP contribution in [0.4, 0.5) is 4.79 Å². The molecule has 4 rings (SSSR count). The van der Waals surface area contributed by atoms with Crippen LogP contribution in [0.25, 0.3) is 0 Å². The number of urea groups is 1. The third-order valence-electron chi connectivity index (χ3n) is 10.0. The molecule has 1 heterocycles. The Kier molecular flexibility index (Phi) is 12.1. The van der Waals surface area contributed by atoms with Gasteiger partial charge in [0.05, 0.1) is 6.04 Å². The summed E-state index contributed by atoms with van der Waals surface area (Å²) in [6, 6.07) is 4.87. The molecule has 0 bridgehead atoms. The van der Waals surface area contributed by atoms with E-state index in [9.17, 15) is 28.8 Å². The topological polar surface area (TPSA) is 177 Å². The van der Waals surface area contributed by atoms with Crippen molar-refractivity contribution in [3.63, 3.8) is 0 Å². The van der Waals surface area contributed by atoms with E-state index in [4.69, 9.17) is 10.5 Å². The van der Waals surface area contributed by atoms with E-state index in [1.165, 1.54) is 4.90 Å². The Bertz CT molecular complexity index is 1380. The van der Waals surface area contributed by atoms with Crippen LogP contribution < -0.4 is 21.7 Å². The van der Waals surface area contributed by atoms with E-state index in [2.05, 4.69) is 16.0 Å². The fourth-order valence-electron chi connectivity index (χ4n) is 6.50. The second kappa shape index (κ2) is 15.7. The zero-order valence-corrected chi connectivity index (χ0v) is 30.0. The molecule has 2 aliphatic carbocycles. The molecular weight excluding hydrogens is 626 g/mol. The first-order valence-corrected chi connectivity index (χ1v) is 17.7. The number of ketones is 1. The van der Waals surface area contributed by atoms with Gasteiger partial charge in [0.1, 0.15) is 24.2 Å². The number of benzene rings is 1. The van der Waals surface area contributed by atoms with Gasteiger partial charge in [-0.25, -0.2) is 9.59 Å². The summed E-state index contributed by atoms with van der Waals surface area (Å²) >= 11 is 0. The summed E-state index contributed by atoms with van der Waals surface area (Å²) in [5, 5.41) is 8.30. The largest absolute Gasteiger partial charge is 0.456 e. The van der Waals surface area contributed by atoms with Crippen LogP contribution in [0.5, 0.6) is 0 Å². The lowest BCUT2D eigenvalue weighted by Crippen LogP contribution is -2.61.